The summed E-state index contributed by atoms with van der Waals surface area (Å²) in [7, 11) is 0. The smallest absolute Gasteiger partial charge is 0.0179 e. The van der Waals surface area contributed by atoms with E-state index >= 15 is 0 Å². The fourth-order valence-electron chi connectivity index (χ4n) is 4.18. The maximum absolute atomic E-state index is 2.47. The van der Waals surface area contributed by atoms with E-state index < -0.39 is 0 Å². The zero-order valence-corrected chi connectivity index (χ0v) is 13.3. The van der Waals surface area contributed by atoms with Crippen molar-refractivity contribution in [3.8, 4) is 0 Å². The maximum atomic E-state index is 2.47. The molecule has 0 radical (unpaired) electrons. The van der Waals surface area contributed by atoms with E-state index in [1.54, 1.807) is 0 Å². The van der Waals surface area contributed by atoms with Gasteiger partial charge in [-0.3, -0.25) is 0 Å². The van der Waals surface area contributed by atoms with Gasteiger partial charge in [-0.2, -0.15) is 0 Å². The van der Waals surface area contributed by atoms with Crippen molar-refractivity contribution in [3.63, 3.8) is 0 Å². The van der Waals surface area contributed by atoms with Gasteiger partial charge in [0.1, 0.15) is 0 Å². The van der Waals surface area contributed by atoms with E-state index in [0.717, 1.165) is 12.8 Å². The van der Waals surface area contributed by atoms with E-state index in [2.05, 4.69) is 80.6 Å². The summed E-state index contributed by atoms with van der Waals surface area (Å²) in [6, 6.07) is 17.8. The lowest BCUT2D eigenvalue weighted by Crippen LogP contribution is -2.21. The van der Waals surface area contributed by atoms with Gasteiger partial charge in [0.2, 0.25) is 0 Å². The molecule has 22 heavy (non-hydrogen) atoms. The number of fused-ring (bicyclic) bond motifs is 2. The van der Waals surface area contributed by atoms with Gasteiger partial charge in [0.15, 0.2) is 0 Å². The summed E-state index contributed by atoms with van der Waals surface area (Å²) in [4.78, 5) is 0. The van der Waals surface area contributed by atoms with Crippen LogP contribution in [0.15, 0.2) is 60.7 Å². The predicted molar refractivity (Wildman–Crippen MR) is 94.9 cm³/mol. The van der Waals surface area contributed by atoms with E-state index in [1.807, 2.05) is 0 Å². The SMILES string of the molecule is CCC1(CC2=CC(C)c3ccccc32)C=Cc2ccccc21. The highest BCUT2D eigenvalue weighted by atomic mass is 14.4. The second-order valence-corrected chi connectivity index (χ2v) is 6.67. The van der Waals surface area contributed by atoms with Crippen LogP contribution in [0.5, 0.6) is 0 Å². The zero-order valence-electron chi connectivity index (χ0n) is 13.3. The molecule has 0 amide bonds. The Balaban J connectivity index is 1.75. The molecular weight excluding hydrogens is 264 g/mol. The third-order valence-electron chi connectivity index (χ3n) is 5.46. The molecule has 0 heterocycles. The third kappa shape index (κ3) is 1.90. The standard InChI is InChI=1S/C22H22/c1-3-22(13-12-17-8-4-7-11-21(17)22)15-18-14-16(2)19-9-5-6-10-20(18)19/h4-14,16H,3,15H2,1-2H3. The largest absolute Gasteiger partial charge is 0.0734 e. The summed E-state index contributed by atoms with van der Waals surface area (Å²) >= 11 is 0. The first-order valence-electron chi connectivity index (χ1n) is 8.32. The summed E-state index contributed by atoms with van der Waals surface area (Å²) in [6.45, 7) is 4.63. The molecule has 2 aliphatic carbocycles. The molecule has 2 aliphatic rings. The molecule has 0 bridgehead atoms. The number of allylic oxidation sites excluding steroid dienone is 3. The minimum Gasteiger partial charge on any atom is -0.0734 e. The molecule has 2 unspecified atom stereocenters. The number of rotatable bonds is 3. The molecule has 0 saturated heterocycles. The van der Waals surface area contributed by atoms with E-state index in [4.69, 9.17) is 0 Å². The molecule has 0 saturated carbocycles. The maximum Gasteiger partial charge on any atom is 0.0179 e. The van der Waals surface area contributed by atoms with E-state index in [-0.39, 0.29) is 5.41 Å². The topological polar surface area (TPSA) is 0 Å². The average Bonchev–Trinajstić information content (AvgIpc) is 3.08. The van der Waals surface area contributed by atoms with Gasteiger partial charge in [-0.05, 0) is 40.7 Å². The zero-order chi connectivity index (χ0) is 15.2. The van der Waals surface area contributed by atoms with Crippen LogP contribution >= 0.6 is 0 Å². The molecule has 0 spiro atoms. The molecule has 0 N–H and O–H groups in total. The van der Waals surface area contributed by atoms with Crippen molar-refractivity contribution >= 4 is 11.6 Å². The summed E-state index contributed by atoms with van der Waals surface area (Å²) in [5.41, 5.74) is 7.52. The van der Waals surface area contributed by atoms with E-state index in [1.165, 1.54) is 27.8 Å². The Morgan fingerprint density at radius 1 is 1.00 bits per heavy atom. The molecule has 0 heteroatoms. The summed E-state index contributed by atoms with van der Waals surface area (Å²) in [6.07, 6.45) is 9.47. The van der Waals surface area contributed by atoms with Crippen LogP contribution in [0.3, 0.4) is 0 Å². The average molecular weight is 286 g/mol. The van der Waals surface area contributed by atoms with Gasteiger partial charge in [-0.1, -0.05) is 80.6 Å². The summed E-state index contributed by atoms with van der Waals surface area (Å²) in [5, 5.41) is 0. The molecule has 0 aliphatic heterocycles. The van der Waals surface area contributed by atoms with Crippen LogP contribution in [0, 0.1) is 0 Å². The molecule has 2 atom stereocenters. The fourth-order valence-corrected chi connectivity index (χ4v) is 4.18. The van der Waals surface area contributed by atoms with Crippen LogP contribution in [0.4, 0.5) is 0 Å². The highest BCUT2D eigenvalue weighted by molar-refractivity contribution is 5.77. The molecule has 0 nitrogen and oxygen atoms in total. The number of hydrogen-bond acceptors (Lipinski definition) is 0. The lowest BCUT2D eigenvalue weighted by Gasteiger charge is -2.29. The highest BCUT2D eigenvalue weighted by Crippen LogP contribution is 2.48. The Morgan fingerprint density at radius 2 is 1.77 bits per heavy atom. The van der Waals surface area contributed by atoms with Crippen molar-refractivity contribution < 1.29 is 0 Å². The predicted octanol–water partition coefficient (Wildman–Crippen LogP) is 5.95. The number of hydrogen-bond donors (Lipinski definition) is 0. The van der Waals surface area contributed by atoms with Crippen molar-refractivity contribution in [3.05, 3.63) is 82.9 Å². The van der Waals surface area contributed by atoms with E-state index in [0.29, 0.717) is 5.92 Å². The first-order chi connectivity index (χ1) is 10.7. The van der Waals surface area contributed by atoms with Crippen LogP contribution < -0.4 is 0 Å². The van der Waals surface area contributed by atoms with Crippen molar-refractivity contribution in [1.82, 2.24) is 0 Å². The molecule has 0 fully saturated rings. The lowest BCUT2D eigenvalue weighted by atomic mass is 9.74. The third-order valence-corrected chi connectivity index (χ3v) is 5.46. The fraction of sp³-hybridized carbons (Fsp3) is 0.273. The minimum atomic E-state index is 0.166. The molecule has 2 aromatic rings. The minimum absolute atomic E-state index is 0.166. The first-order valence-corrected chi connectivity index (χ1v) is 8.32. The molecular formula is C22H22. The van der Waals surface area contributed by atoms with Crippen LogP contribution in [-0.4, -0.2) is 0 Å². The van der Waals surface area contributed by atoms with Gasteiger partial charge in [0.25, 0.3) is 0 Å². The Kier molecular flexibility index (Phi) is 3.07. The normalized spacial score (nSPS) is 25.0. The molecule has 110 valence electrons. The Bertz CT molecular complexity index is 778. The second-order valence-electron chi connectivity index (χ2n) is 6.67. The quantitative estimate of drug-likeness (QED) is 0.654. The van der Waals surface area contributed by atoms with Crippen molar-refractivity contribution in [2.24, 2.45) is 0 Å². The number of benzene rings is 2. The van der Waals surface area contributed by atoms with Crippen LogP contribution in [0.25, 0.3) is 11.6 Å². The van der Waals surface area contributed by atoms with Crippen molar-refractivity contribution in [2.45, 2.75) is 38.0 Å². The van der Waals surface area contributed by atoms with Gasteiger partial charge in [-0.15, -0.1) is 0 Å². The Labute approximate surface area is 133 Å². The van der Waals surface area contributed by atoms with Gasteiger partial charge in [0.05, 0.1) is 0 Å². The Hall–Kier alpha value is -2.08. The van der Waals surface area contributed by atoms with Gasteiger partial charge in [-0.25, -0.2) is 0 Å². The summed E-state index contributed by atoms with van der Waals surface area (Å²) < 4.78 is 0. The van der Waals surface area contributed by atoms with Crippen LogP contribution in [-0.2, 0) is 5.41 Å². The Morgan fingerprint density at radius 3 is 2.64 bits per heavy atom. The van der Waals surface area contributed by atoms with Crippen molar-refractivity contribution in [2.75, 3.05) is 0 Å². The summed E-state index contributed by atoms with van der Waals surface area (Å²) in [5.74, 6) is 0.542. The van der Waals surface area contributed by atoms with Gasteiger partial charge in [0, 0.05) is 11.3 Å². The first kappa shape index (κ1) is 13.6. The highest BCUT2D eigenvalue weighted by Gasteiger charge is 2.35. The molecule has 4 rings (SSSR count). The van der Waals surface area contributed by atoms with E-state index in [9.17, 15) is 0 Å². The molecule has 0 aromatic heterocycles. The van der Waals surface area contributed by atoms with Crippen LogP contribution in [0.1, 0.15) is 54.9 Å². The monoisotopic (exact) mass is 286 g/mol. The van der Waals surface area contributed by atoms with Gasteiger partial charge < -0.3 is 0 Å². The lowest BCUT2D eigenvalue weighted by molar-refractivity contribution is 0.539. The van der Waals surface area contributed by atoms with Crippen molar-refractivity contribution in [1.29, 1.82) is 0 Å². The van der Waals surface area contributed by atoms with Crippen LogP contribution in [0.2, 0.25) is 0 Å². The molecule has 2 aromatic carbocycles. The van der Waals surface area contributed by atoms with Gasteiger partial charge >= 0.3 is 0 Å². The second kappa shape index (κ2) is 4.98.